The number of hydrogen-bond acceptors (Lipinski definition) is 2. The first-order valence-electron chi connectivity index (χ1n) is 6.03. The molecule has 1 aliphatic rings. The topological polar surface area (TPSA) is 69.6 Å². The molecule has 1 rings (SSSR count). The molecule has 0 aromatic carbocycles. The van der Waals surface area contributed by atoms with Crippen LogP contribution in [-0.2, 0) is 4.79 Å². The third kappa shape index (κ3) is 4.60. The zero-order valence-corrected chi connectivity index (χ0v) is 10.6. The van der Waals surface area contributed by atoms with E-state index < -0.39 is 30.1 Å². The summed E-state index contributed by atoms with van der Waals surface area (Å²) in [5.74, 6) is -1.02. The molecule has 5 nitrogen and oxygen atoms in total. The molecular weight excluding hydrogens is 265 g/mol. The Morgan fingerprint density at radius 1 is 1.37 bits per heavy atom. The predicted octanol–water partition coefficient (Wildman–Crippen LogP) is 1.84. The van der Waals surface area contributed by atoms with Crippen molar-refractivity contribution in [2.45, 2.75) is 32.4 Å². The van der Waals surface area contributed by atoms with Crippen molar-refractivity contribution in [1.29, 1.82) is 0 Å². The largest absolute Gasteiger partial charge is 0.481 e. The van der Waals surface area contributed by atoms with Crippen LogP contribution in [0.1, 0.15) is 26.2 Å². The molecule has 0 heterocycles. The van der Waals surface area contributed by atoms with Gasteiger partial charge in [0.2, 0.25) is 0 Å². The molecule has 1 fully saturated rings. The molecule has 1 aliphatic carbocycles. The normalized spacial score (nSPS) is 16.8. The molecule has 0 aliphatic heterocycles. The molecule has 2 amide bonds. The van der Waals surface area contributed by atoms with Gasteiger partial charge in [-0.05, 0) is 19.3 Å². The van der Waals surface area contributed by atoms with Crippen LogP contribution in [0, 0.1) is 5.41 Å². The third-order valence-electron chi connectivity index (χ3n) is 3.04. The number of nitrogens with one attached hydrogen (secondary N) is 1. The standard InChI is InChI=1S/C11H17F3N2O3/c1-2-5-16(7-11(12,13)14)9(19)15-6-10(3-4-10)8(17)18/h2-7H2,1H3,(H,15,19)(H,17,18). The quantitative estimate of drug-likeness (QED) is 0.781. The molecule has 0 saturated heterocycles. The van der Waals surface area contributed by atoms with Gasteiger partial charge in [-0.2, -0.15) is 13.2 Å². The summed E-state index contributed by atoms with van der Waals surface area (Å²) in [6.45, 7) is 0.188. The van der Waals surface area contributed by atoms with E-state index in [2.05, 4.69) is 5.32 Å². The van der Waals surface area contributed by atoms with Gasteiger partial charge in [-0.15, -0.1) is 0 Å². The zero-order valence-electron chi connectivity index (χ0n) is 10.6. The number of carbonyl (C=O) groups excluding carboxylic acids is 1. The summed E-state index contributed by atoms with van der Waals surface area (Å²) in [5, 5.41) is 11.2. The van der Waals surface area contributed by atoms with E-state index in [0.717, 1.165) is 0 Å². The van der Waals surface area contributed by atoms with E-state index in [4.69, 9.17) is 5.11 Å². The number of rotatable bonds is 6. The lowest BCUT2D eigenvalue weighted by molar-refractivity contribution is -0.144. The predicted molar refractivity (Wildman–Crippen MR) is 60.6 cm³/mol. The Bertz CT molecular complexity index is 354. The summed E-state index contributed by atoms with van der Waals surface area (Å²) in [5.41, 5.74) is -0.980. The summed E-state index contributed by atoms with van der Waals surface area (Å²) >= 11 is 0. The molecule has 0 radical (unpaired) electrons. The minimum atomic E-state index is -4.46. The van der Waals surface area contributed by atoms with Gasteiger partial charge in [-0.1, -0.05) is 6.92 Å². The number of urea groups is 1. The maximum atomic E-state index is 12.3. The van der Waals surface area contributed by atoms with Crippen LogP contribution < -0.4 is 5.32 Å². The van der Waals surface area contributed by atoms with Crippen LogP contribution in [-0.4, -0.2) is 47.8 Å². The second-order valence-electron chi connectivity index (χ2n) is 4.78. The van der Waals surface area contributed by atoms with Crippen molar-refractivity contribution in [2.75, 3.05) is 19.6 Å². The van der Waals surface area contributed by atoms with Gasteiger partial charge < -0.3 is 15.3 Å². The SMILES string of the molecule is CCCN(CC(F)(F)F)C(=O)NCC1(C(=O)O)CC1. The lowest BCUT2D eigenvalue weighted by atomic mass is 10.1. The number of carboxylic acid groups (broad SMARTS) is 1. The molecule has 8 heteroatoms. The Labute approximate surface area is 108 Å². The minimum absolute atomic E-state index is 0.0224. The molecule has 0 atom stereocenters. The van der Waals surface area contributed by atoms with Crippen LogP contribution in [0.15, 0.2) is 0 Å². The molecule has 0 aromatic heterocycles. The van der Waals surface area contributed by atoms with Crippen molar-refractivity contribution in [2.24, 2.45) is 5.41 Å². The molecule has 0 bridgehead atoms. The van der Waals surface area contributed by atoms with Crippen LogP contribution in [0.5, 0.6) is 0 Å². The molecule has 2 N–H and O–H groups in total. The lowest BCUT2D eigenvalue weighted by Crippen LogP contribution is -2.47. The molecule has 0 aromatic rings. The van der Waals surface area contributed by atoms with Crippen molar-refractivity contribution in [3.8, 4) is 0 Å². The van der Waals surface area contributed by atoms with Gasteiger partial charge >= 0.3 is 18.2 Å². The summed E-state index contributed by atoms with van der Waals surface area (Å²) in [4.78, 5) is 23.2. The highest BCUT2D eigenvalue weighted by atomic mass is 19.4. The summed E-state index contributed by atoms with van der Waals surface area (Å²) < 4.78 is 36.9. The van der Waals surface area contributed by atoms with Gasteiger partial charge in [-0.25, -0.2) is 4.79 Å². The Morgan fingerprint density at radius 3 is 2.32 bits per heavy atom. The van der Waals surface area contributed by atoms with E-state index in [9.17, 15) is 22.8 Å². The van der Waals surface area contributed by atoms with Crippen molar-refractivity contribution >= 4 is 12.0 Å². The zero-order chi connectivity index (χ0) is 14.7. The fourth-order valence-electron chi connectivity index (χ4n) is 1.71. The molecule has 1 saturated carbocycles. The number of amides is 2. The first-order chi connectivity index (χ1) is 8.70. The van der Waals surface area contributed by atoms with Crippen molar-refractivity contribution in [3.63, 3.8) is 0 Å². The Balaban J connectivity index is 2.51. The van der Waals surface area contributed by atoms with Crippen LogP contribution in [0.3, 0.4) is 0 Å². The van der Waals surface area contributed by atoms with Gasteiger partial charge in [0.05, 0.1) is 5.41 Å². The van der Waals surface area contributed by atoms with Crippen molar-refractivity contribution < 1.29 is 27.9 Å². The molecule has 110 valence electrons. The first-order valence-corrected chi connectivity index (χ1v) is 6.03. The maximum Gasteiger partial charge on any atom is 0.406 e. The average Bonchev–Trinajstić information content (AvgIpc) is 3.04. The Hall–Kier alpha value is -1.47. The molecule has 0 unspecified atom stereocenters. The van der Waals surface area contributed by atoms with Gasteiger partial charge in [-0.3, -0.25) is 4.79 Å². The number of nitrogens with zero attached hydrogens (tertiary/aromatic N) is 1. The highest BCUT2D eigenvalue weighted by molar-refractivity contribution is 5.80. The third-order valence-corrected chi connectivity index (χ3v) is 3.04. The van der Waals surface area contributed by atoms with E-state index in [1.165, 1.54) is 0 Å². The highest BCUT2D eigenvalue weighted by Gasteiger charge is 2.50. The smallest absolute Gasteiger partial charge is 0.406 e. The Kier molecular flexibility index (Phi) is 4.65. The first kappa shape index (κ1) is 15.6. The number of alkyl halides is 3. The van der Waals surface area contributed by atoms with E-state index in [1.807, 2.05) is 0 Å². The number of halogens is 3. The van der Waals surface area contributed by atoms with E-state index in [-0.39, 0.29) is 13.1 Å². The van der Waals surface area contributed by atoms with Crippen LogP contribution in [0.4, 0.5) is 18.0 Å². The van der Waals surface area contributed by atoms with E-state index in [0.29, 0.717) is 24.2 Å². The fourth-order valence-corrected chi connectivity index (χ4v) is 1.71. The monoisotopic (exact) mass is 282 g/mol. The van der Waals surface area contributed by atoms with Crippen molar-refractivity contribution in [1.82, 2.24) is 10.2 Å². The second kappa shape index (κ2) is 5.66. The second-order valence-corrected chi connectivity index (χ2v) is 4.78. The number of aliphatic carboxylic acids is 1. The van der Waals surface area contributed by atoms with E-state index >= 15 is 0 Å². The highest BCUT2D eigenvalue weighted by Crippen LogP contribution is 2.45. The summed E-state index contributed by atoms with van der Waals surface area (Å²) in [6.07, 6.45) is -3.19. The van der Waals surface area contributed by atoms with Gasteiger partial charge in [0.15, 0.2) is 0 Å². The number of hydrogen-bond donors (Lipinski definition) is 2. The average molecular weight is 282 g/mol. The molecule has 0 spiro atoms. The molecule has 19 heavy (non-hydrogen) atoms. The number of carbonyl (C=O) groups is 2. The summed E-state index contributed by atoms with van der Waals surface area (Å²) in [7, 11) is 0. The van der Waals surface area contributed by atoms with Gasteiger partial charge in [0.1, 0.15) is 6.54 Å². The summed E-state index contributed by atoms with van der Waals surface area (Å²) in [6, 6.07) is -0.869. The van der Waals surface area contributed by atoms with Gasteiger partial charge in [0.25, 0.3) is 0 Å². The number of carboxylic acids is 1. The van der Waals surface area contributed by atoms with Crippen LogP contribution in [0.2, 0.25) is 0 Å². The lowest BCUT2D eigenvalue weighted by Gasteiger charge is -2.24. The molecular formula is C11H17F3N2O3. The van der Waals surface area contributed by atoms with E-state index in [1.54, 1.807) is 6.92 Å². The Morgan fingerprint density at radius 2 is 1.95 bits per heavy atom. The van der Waals surface area contributed by atoms with Crippen molar-refractivity contribution in [3.05, 3.63) is 0 Å². The van der Waals surface area contributed by atoms with Crippen LogP contribution >= 0.6 is 0 Å². The van der Waals surface area contributed by atoms with Gasteiger partial charge in [0, 0.05) is 13.1 Å². The van der Waals surface area contributed by atoms with Crippen LogP contribution in [0.25, 0.3) is 0 Å². The fraction of sp³-hybridized carbons (Fsp3) is 0.818. The maximum absolute atomic E-state index is 12.3. The minimum Gasteiger partial charge on any atom is -0.481 e.